The predicted molar refractivity (Wildman–Crippen MR) is 113 cm³/mol. The van der Waals surface area contributed by atoms with Gasteiger partial charge >= 0.3 is 0 Å². The van der Waals surface area contributed by atoms with Gasteiger partial charge in [0.25, 0.3) is 0 Å². The molecule has 2 heterocycles. The molecule has 1 aromatic carbocycles. The van der Waals surface area contributed by atoms with Crippen LogP contribution in [-0.2, 0) is 16.0 Å². The van der Waals surface area contributed by atoms with Crippen molar-refractivity contribution in [2.75, 3.05) is 27.2 Å². The second kappa shape index (κ2) is 8.80. The molecule has 148 valence electrons. The molecule has 1 unspecified atom stereocenters. The highest BCUT2D eigenvalue weighted by Gasteiger charge is 2.23. The molecule has 4 heteroatoms. The molecule has 0 saturated carbocycles. The minimum atomic E-state index is 0.678. The number of ether oxygens (including phenoxy) is 2. The first-order chi connectivity index (χ1) is 13.7. The van der Waals surface area contributed by atoms with E-state index in [0.717, 1.165) is 49.4 Å². The Labute approximate surface area is 168 Å². The van der Waals surface area contributed by atoms with Crippen LogP contribution in [0.2, 0.25) is 0 Å². The molecule has 0 aromatic heterocycles. The normalized spacial score (nSPS) is 22.4. The Morgan fingerprint density at radius 3 is 2.71 bits per heavy atom. The van der Waals surface area contributed by atoms with Gasteiger partial charge in [-0.3, -0.25) is 4.90 Å². The molecule has 1 fully saturated rings. The van der Waals surface area contributed by atoms with Gasteiger partial charge in [0, 0.05) is 37.7 Å². The molecule has 0 radical (unpaired) electrons. The molecule has 3 aliphatic rings. The smallest absolute Gasteiger partial charge is 0.169 e. The lowest BCUT2D eigenvalue weighted by Crippen LogP contribution is -2.31. The summed E-state index contributed by atoms with van der Waals surface area (Å²) in [5, 5.41) is 0. The lowest BCUT2D eigenvalue weighted by Gasteiger charge is -2.21. The van der Waals surface area contributed by atoms with Crippen LogP contribution in [0.15, 0.2) is 66.3 Å². The number of allylic oxidation sites excluding steroid dienone is 4. The Hall–Kier alpha value is -2.30. The number of rotatable bonds is 6. The first-order valence-electron chi connectivity index (χ1n) is 10.2. The first-order valence-corrected chi connectivity index (χ1v) is 10.2. The maximum Gasteiger partial charge on any atom is 0.169 e. The fourth-order valence-electron chi connectivity index (χ4n) is 4.00. The van der Waals surface area contributed by atoms with Gasteiger partial charge in [0.1, 0.15) is 18.3 Å². The fraction of sp³-hybridized carbons (Fsp3) is 0.417. The van der Waals surface area contributed by atoms with E-state index in [0.29, 0.717) is 6.04 Å². The molecule has 0 N–H and O–H groups in total. The molecule has 4 rings (SSSR count). The van der Waals surface area contributed by atoms with E-state index in [2.05, 4.69) is 66.4 Å². The second-order valence-corrected chi connectivity index (χ2v) is 8.11. The monoisotopic (exact) mass is 378 g/mol. The van der Waals surface area contributed by atoms with Crippen LogP contribution in [0.3, 0.4) is 0 Å². The molecule has 1 saturated heterocycles. The van der Waals surface area contributed by atoms with Crippen molar-refractivity contribution in [3.05, 3.63) is 77.5 Å². The van der Waals surface area contributed by atoms with Crippen molar-refractivity contribution in [3.8, 4) is 0 Å². The molecule has 28 heavy (non-hydrogen) atoms. The fourth-order valence-corrected chi connectivity index (χ4v) is 4.00. The van der Waals surface area contributed by atoms with Crippen LogP contribution in [0.1, 0.15) is 36.8 Å². The van der Waals surface area contributed by atoms with Gasteiger partial charge in [-0.15, -0.1) is 0 Å². The summed E-state index contributed by atoms with van der Waals surface area (Å²) >= 11 is 0. The van der Waals surface area contributed by atoms with Gasteiger partial charge in [0.15, 0.2) is 5.76 Å². The summed E-state index contributed by atoms with van der Waals surface area (Å²) in [5.41, 5.74) is 3.78. The van der Waals surface area contributed by atoms with Gasteiger partial charge in [-0.1, -0.05) is 48.1 Å². The number of likely N-dealkylation sites (tertiary alicyclic amines) is 1. The van der Waals surface area contributed by atoms with Crippen molar-refractivity contribution in [1.29, 1.82) is 0 Å². The summed E-state index contributed by atoms with van der Waals surface area (Å²) in [6.45, 7) is 3.33. The van der Waals surface area contributed by atoms with Gasteiger partial charge in [-0.25, -0.2) is 0 Å². The van der Waals surface area contributed by atoms with Crippen LogP contribution < -0.4 is 0 Å². The van der Waals surface area contributed by atoms with Gasteiger partial charge in [0.2, 0.25) is 0 Å². The Morgan fingerprint density at radius 2 is 2.00 bits per heavy atom. The van der Waals surface area contributed by atoms with Crippen LogP contribution in [-0.4, -0.2) is 43.0 Å². The summed E-state index contributed by atoms with van der Waals surface area (Å²) in [6, 6.07) is 9.35. The lowest BCUT2D eigenvalue weighted by molar-refractivity contribution is 0.264. The molecule has 1 aromatic rings. The van der Waals surface area contributed by atoms with Crippen molar-refractivity contribution in [3.63, 3.8) is 0 Å². The lowest BCUT2D eigenvalue weighted by atomic mass is 10.0. The molecule has 1 atom stereocenters. The predicted octanol–water partition coefficient (Wildman–Crippen LogP) is 4.68. The third-order valence-electron chi connectivity index (χ3n) is 5.74. The number of benzene rings is 1. The number of hydrogen-bond acceptors (Lipinski definition) is 4. The Balaban J connectivity index is 1.33. The average molecular weight is 379 g/mol. The van der Waals surface area contributed by atoms with Crippen LogP contribution in [0, 0.1) is 0 Å². The zero-order valence-electron chi connectivity index (χ0n) is 16.9. The highest BCUT2D eigenvalue weighted by Crippen LogP contribution is 2.29. The Kier molecular flexibility index (Phi) is 5.98. The van der Waals surface area contributed by atoms with Crippen LogP contribution >= 0.6 is 0 Å². The average Bonchev–Trinajstić information content (AvgIpc) is 3.18. The number of hydrogen-bond donors (Lipinski definition) is 0. The van der Waals surface area contributed by atoms with Gasteiger partial charge in [0.05, 0.1) is 0 Å². The largest absolute Gasteiger partial charge is 0.465 e. The van der Waals surface area contributed by atoms with E-state index in [9.17, 15) is 0 Å². The number of nitrogens with zero attached hydrogens (tertiary/aromatic N) is 2. The van der Waals surface area contributed by atoms with E-state index in [1.54, 1.807) is 12.5 Å². The molecule has 4 nitrogen and oxygen atoms in total. The summed E-state index contributed by atoms with van der Waals surface area (Å²) in [4.78, 5) is 4.87. The van der Waals surface area contributed by atoms with E-state index in [1.165, 1.54) is 24.1 Å². The van der Waals surface area contributed by atoms with Crippen LogP contribution in [0.5, 0.6) is 0 Å². The highest BCUT2D eigenvalue weighted by molar-refractivity contribution is 5.60. The summed E-state index contributed by atoms with van der Waals surface area (Å²) in [5.74, 6) is 1.65. The molecule has 0 bridgehead atoms. The van der Waals surface area contributed by atoms with Crippen LogP contribution in [0.4, 0.5) is 0 Å². The van der Waals surface area contributed by atoms with Crippen molar-refractivity contribution >= 4 is 5.76 Å². The second-order valence-electron chi connectivity index (χ2n) is 8.11. The third-order valence-corrected chi connectivity index (χ3v) is 5.74. The van der Waals surface area contributed by atoms with E-state index < -0.39 is 0 Å². The first kappa shape index (κ1) is 19.0. The molecular weight excluding hydrogens is 348 g/mol. The minimum Gasteiger partial charge on any atom is -0.465 e. The van der Waals surface area contributed by atoms with E-state index >= 15 is 0 Å². The van der Waals surface area contributed by atoms with Gasteiger partial charge in [-0.05, 0) is 38.9 Å². The van der Waals surface area contributed by atoms with Crippen molar-refractivity contribution in [2.45, 2.75) is 38.3 Å². The van der Waals surface area contributed by atoms with Crippen molar-refractivity contribution in [2.24, 2.45) is 0 Å². The molecular formula is C24H30N2O2. The van der Waals surface area contributed by atoms with E-state index in [4.69, 9.17) is 9.47 Å². The molecule has 0 amide bonds. The molecule has 2 aliphatic heterocycles. The van der Waals surface area contributed by atoms with Crippen LogP contribution in [0.25, 0.3) is 5.76 Å². The Bertz CT molecular complexity index is 802. The van der Waals surface area contributed by atoms with Gasteiger partial charge in [-0.2, -0.15) is 0 Å². The number of likely N-dealkylation sites (N-methyl/N-ethyl adjacent to an activating group) is 1. The Morgan fingerprint density at radius 1 is 1.14 bits per heavy atom. The minimum absolute atomic E-state index is 0.678. The third kappa shape index (κ3) is 4.75. The SMILES string of the molecule is CN(C)C1CCN(Cc2ccc(C3=COC=C(CC4=CC=CCC4)O3)cc2)C1. The van der Waals surface area contributed by atoms with Crippen molar-refractivity contribution < 1.29 is 9.47 Å². The zero-order chi connectivity index (χ0) is 19.3. The van der Waals surface area contributed by atoms with E-state index in [-0.39, 0.29) is 0 Å². The zero-order valence-corrected chi connectivity index (χ0v) is 16.9. The summed E-state index contributed by atoms with van der Waals surface area (Å²) < 4.78 is 11.7. The topological polar surface area (TPSA) is 24.9 Å². The highest BCUT2D eigenvalue weighted by atomic mass is 16.5. The van der Waals surface area contributed by atoms with Crippen molar-refractivity contribution in [1.82, 2.24) is 9.80 Å². The molecule has 1 aliphatic carbocycles. The maximum absolute atomic E-state index is 6.11. The van der Waals surface area contributed by atoms with Gasteiger partial charge < -0.3 is 14.4 Å². The quantitative estimate of drug-likeness (QED) is 0.718. The summed E-state index contributed by atoms with van der Waals surface area (Å²) in [6.07, 6.45) is 14.2. The standard InChI is InChI=1S/C24H30N2O2/c1-25(2)22-12-13-26(16-22)15-20-8-10-21(11-9-20)24-18-27-17-23(28-24)14-19-6-4-3-5-7-19/h3-4,6,8-11,17-18,22H,5,7,12-16H2,1-2H3. The maximum atomic E-state index is 6.11. The molecule has 0 spiro atoms. The summed E-state index contributed by atoms with van der Waals surface area (Å²) in [7, 11) is 4.35. The van der Waals surface area contributed by atoms with E-state index in [1.807, 2.05) is 0 Å².